The third-order valence-electron chi connectivity index (χ3n) is 5.28. The molecular weight excluding hydrogens is 432 g/mol. The van der Waals surface area contributed by atoms with Crippen molar-refractivity contribution in [2.24, 2.45) is 5.10 Å². The maximum Gasteiger partial charge on any atom is 0.270 e. The van der Waals surface area contributed by atoms with Crippen LogP contribution in [0.25, 0.3) is 10.8 Å². The molecule has 32 heavy (non-hydrogen) atoms. The fraction of sp³-hybridized carbons (Fsp3) is 0.227. The van der Waals surface area contributed by atoms with Crippen molar-refractivity contribution >= 4 is 37.9 Å². The first-order valence-corrected chi connectivity index (χ1v) is 11.5. The monoisotopic (exact) mass is 454 g/mol. The first kappa shape index (κ1) is 21.9. The lowest BCUT2D eigenvalue weighted by molar-refractivity contribution is -0.385. The minimum atomic E-state index is -3.97. The molecule has 10 heteroatoms. The van der Waals surface area contributed by atoms with Crippen LogP contribution in [0.15, 0.2) is 70.7 Å². The Labute approximate surface area is 185 Å². The van der Waals surface area contributed by atoms with Crippen LogP contribution >= 0.6 is 0 Å². The average Bonchev–Trinajstić information content (AvgIpc) is 2.82. The largest absolute Gasteiger partial charge is 0.379 e. The first-order chi connectivity index (χ1) is 15.4. The Morgan fingerprint density at radius 1 is 1.06 bits per heavy atom. The summed E-state index contributed by atoms with van der Waals surface area (Å²) in [5.74, 6) is 0. The van der Waals surface area contributed by atoms with Crippen LogP contribution in [0.3, 0.4) is 0 Å². The van der Waals surface area contributed by atoms with Gasteiger partial charge in [-0.05, 0) is 35.4 Å². The molecule has 0 aromatic heterocycles. The van der Waals surface area contributed by atoms with E-state index in [1.165, 1.54) is 16.4 Å². The molecule has 1 saturated heterocycles. The molecule has 166 valence electrons. The van der Waals surface area contributed by atoms with Crippen molar-refractivity contribution in [3.63, 3.8) is 0 Å². The van der Waals surface area contributed by atoms with Gasteiger partial charge < -0.3 is 4.74 Å². The van der Waals surface area contributed by atoms with Gasteiger partial charge in [-0.15, -0.1) is 0 Å². The molecule has 0 bridgehead atoms. The minimum absolute atomic E-state index is 0.169. The number of nitrogens with zero attached hydrogens (tertiary/aromatic N) is 3. The third kappa shape index (κ3) is 4.47. The summed E-state index contributed by atoms with van der Waals surface area (Å²) in [4.78, 5) is 10.4. The van der Waals surface area contributed by atoms with Crippen molar-refractivity contribution in [2.75, 3.05) is 31.7 Å². The molecule has 1 heterocycles. The van der Waals surface area contributed by atoms with Crippen molar-refractivity contribution in [3.05, 3.63) is 76.3 Å². The number of nitrogens with one attached hydrogen (secondary N) is 1. The average molecular weight is 455 g/mol. The second-order valence-electron chi connectivity index (χ2n) is 7.32. The summed E-state index contributed by atoms with van der Waals surface area (Å²) in [6, 6.07) is 17.5. The fourth-order valence-electron chi connectivity index (χ4n) is 3.48. The van der Waals surface area contributed by atoms with Gasteiger partial charge in [0.15, 0.2) is 0 Å². The lowest BCUT2D eigenvalue weighted by Crippen LogP contribution is -2.40. The van der Waals surface area contributed by atoms with Crippen LogP contribution in [0.1, 0.15) is 12.5 Å². The van der Waals surface area contributed by atoms with Gasteiger partial charge in [0, 0.05) is 25.2 Å². The van der Waals surface area contributed by atoms with Gasteiger partial charge in [0.1, 0.15) is 4.90 Å². The van der Waals surface area contributed by atoms with E-state index in [0.717, 1.165) is 22.4 Å². The molecule has 0 amide bonds. The Bertz CT molecular complexity index is 1300. The quantitative estimate of drug-likeness (QED) is 0.346. The highest BCUT2D eigenvalue weighted by atomic mass is 32.2. The van der Waals surface area contributed by atoms with Gasteiger partial charge in [0.25, 0.3) is 5.69 Å². The number of non-ortho nitro benzene ring substituents is 1. The molecule has 9 nitrogen and oxygen atoms in total. The van der Waals surface area contributed by atoms with E-state index in [0.29, 0.717) is 5.71 Å². The molecule has 1 aliphatic rings. The molecule has 0 atom stereocenters. The summed E-state index contributed by atoms with van der Waals surface area (Å²) < 4.78 is 32.9. The molecule has 1 N–H and O–H groups in total. The molecular formula is C22H22N4O5S. The van der Waals surface area contributed by atoms with Crippen LogP contribution in [0.5, 0.6) is 0 Å². The smallest absolute Gasteiger partial charge is 0.270 e. The van der Waals surface area contributed by atoms with Crippen LogP contribution in [0.4, 0.5) is 11.4 Å². The van der Waals surface area contributed by atoms with Crippen LogP contribution in [-0.2, 0) is 14.8 Å². The van der Waals surface area contributed by atoms with E-state index in [1.807, 2.05) is 42.5 Å². The highest BCUT2D eigenvalue weighted by Crippen LogP contribution is 2.29. The summed E-state index contributed by atoms with van der Waals surface area (Å²) in [6.07, 6.45) is 0. The molecule has 4 rings (SSSR count). The van der Waals surface area contributed by atoms with E-state index < -0.39 is 14.9 Å². The topological polar surface area (TPSA) is 114 Å². The van der Waals surface area contributed by atoms with Crippen molar-refractivity contribution in [2.45, 2.75) is 11.8 Å². The maximum absolute atomic E-state index is 13.2. The van der Waals surface area contributed by atoms with E-state index in [1.54, 1.807) is 6.92 Å². The minimum Gasteiger partial charge on any atom is -0.379 e. The summed E-state index contributed by atoms with van der Waals surface area (Å²) >= 11 is 0. The molecule has 0 unspecified atom stereocenters. The normalized spacial score (nSPS) is 15.6. The number of hydrogen-bond acceptors (Lipinski definition) is 7. The Morgan fingerprint density at radius 2 is 1.78 bits per heavy atom. The van der Waals surface area contributed by atoms with Crippen molar-refractivity contribution < 1.29 is 18.1 Å². The number of ether oxygens (including phenoxy) is 1. The predicted octanol–water partition coefficient (Wildman–Crippen LogP) is 3.61. The maximum atomic E-state index is 13.2. The van der Waals surface area contributed by atoms with Crippen LogP contribution in [-0.4, -0.2) is 49.7 Å². The molecule has 3 aromatic carbocycles. The molecule has 0 aliphatic carbocycles. The van der Waals surface area contributed by atoms with Crippen molar-refractivity contribution in [1.29, 1.82) is 0 Å². The van der Waals surface area contributed by atoms with E-state index in [9.17, 15) is 18.5 Å². The number of benzene rings is 3. The Kier molecular flexibility index (Phi) is 6.17. The van der Waals surface area contributed by atoms with Crippen molar-refractivity contribution in [1.82, 2.24) is 4.31 Å². The van der Waals surface area contributed by atoms with E-state index >= 15 is 0 Å². The van der Waals surface area contributed by atoms with Crippen LogP contribution in [0, 0.1) is 10.1 Å². The van der Waals surface area contributed by atoms with Crippen LogP contribution < -0.4 is 5.43 Å². The predicted molar refractivity (Wildman–Crippen MR) is 122 cm³/mol. The number of sulfonamides is 1. The summed E-state index contributed by atoms with van der Waals surface area (Å²) in [6.45, 7) is 2.72. The van der Waals surface area contributed by atoms with Gasteiger partial charge in [-0.1, -0.05) is 36.4 Å². The number of morpholine rings is 1. The summed E-state index contributed by atoms with van der Waals surface area (Å²) in [7, 11) is -3.97. The molecule has 0 radical (unpaired) electrons. The highest BCUT2D eigenvalue weighted by molar-refractivity contribution is 7.89. The van der Waals surface area contributed by atoms with E-state index in [-0.39, 0.29) is 42.6 Å². The zero-order valence-corrected chi connectivity index (χ0v) is 18.2. The Hall–Kier alpha value is -3.34. The zero-order valence-electron chi connectivity index (χ0n) is 17.4. The van der Waals surface area contributed by atoms with Gasteiger partial charge in [0.05, 0.1) is 29.5 Å². The van der Waals surface area contributed by atoms with E-state index in [4.69, 9.17) is 4.74 Å². The van der Waals surface area contributed by atoms with Gasteiger partial charge >= 0.3 is 0 Å². The Balaban J connectivity index is 1.68. The number of hydrazone groups is 1. The lowest BCUT2D eigenvalue weighted by Gasteiger charge is -2.26. The molecule has 1 fully saturated rings. The van der Waals surface area contributed by atoms with Gasteiger partial charge in [0.2, 0.25) is 10.0 Å². The fourth-order valence-corrected chi connectivity index (χ4v) is 5.05. The summed E-state index contributed by atoms with van der Waals surface area (Å²) in [5, 5.41) is 17.8. The molecule has 1 aliphatic heterocycles. The SMILES string of the molecule is C/C(=N\Nc1ccc([N+](=O)[O-])cc1S(=O)(=O)N1CCOCC1)c1ccc2ccccc2c1. The first-order valence-electron chi connectivity index (χ1n) is 10.0. The molecule has 0 saturated carbocycles. The number of nitro benzene ring substituents is 1. The number of rotatable bonds is 6. The number of nitro groups is 1. The zero-order chi connectivity index (χ0) is 22.7. The number of fused-ring (bicyclic) bond motifs is 1. The number of hydrogen-bond donors (Lipinski definition) is 1. The lowest BCUT2D eigenvalue weighted by atomic mass is 10.0. The molecule has 0 spiro atoms. The van der Waals surface area contributed by atoms with Gasteiger partial charge in [-0.2, -0.15) is 9.41 Å². The summed E-state index contributed by atoms with van der Waals surface area (Å²) in [5.41, 5.74) is 4.17. The third-order valence-corrected chi connectivity index (χ3v) is 7.21. The Morgan fingerprint density at radius 3 is 2.50 bits per heavy atom. The van der Waals surface area contributed by atoms with Gasteiger partial charge in [-0.25, -0.2) is 8.42 Å². The standard InChI is InChI=1S/C22H22N4O5S/c1-16(18-7-6-17-4-2-3-5-19(17)14-18)23-24-21-9-8-20(26(27)28)15-22(21)32(29,30)25-10-12-31-13-11-25/h2-9,14-15,24H,10-13H2,1H3/b23-16+. The molecule has 3 aromatic rings. The second kappa shape index (κ2) is 9.03. The van der Waals surface area contributed by atoms with Crippen molar-refractivity contribution in [3.8, 4) is 0 Å². The number of anilines is 1. The highest BCUT2D eigenvalue weighted by Gasteiger charge is 2.30. The van der Waals surface area contributed by atoms with Crippen LogP contribution in [0.2, 0.25) is 0 Å². The van der Waals surface area contributed by atoms with E-state index in [2.05, 4.69) is 10.5 Å². The second-order valence-corrected chi connectivity index (χ2v) is 9.23. The van der Waals surface area contributed by atoms with Gasteiger partial charge in [-0.3, -0.25) is 15.5 Å².